The van der Waals surface area contributed by atoms with E-state index < -0.39 is 5.97 Å². The minimum Gasteiger partial charge on any atom is -0.464 e. The first-order valence-electron chi connectivity index (χ1n) is 5.56. The molecule has 1 atom stereocenters. The molecule has 1 N–H and O–H groups in total. The van der Waals surface area contributed by atoms with E-state index in [1.807, 2.05) is 11.9 Å². The molecule has 0 bridgehead atoms. The van der Waals surface area contributed by atoms with Crippen LogP contribution >= 0.6 is 0 Å². The van der Waals surface area contributed by atoms with E-state index in [-0.39, 0.29) is 5.69 Å². The molecule has 0 aliphatic carbocycles. The van der Waals surface area contributed by atoms with E-state index in [4.69, 9.17) is 0 Å². The SMILES string of the molecule is COC(=O)c1cncc(N(C)C2CCNC2)n1. The molecule has 0 saturated carbocycles. The third kappa shape index (κ3) is 2.52. The van der Waals surface area contributed by atoms with Crippen molar-refractivity contribution in [2.24, 2.45) is 0 Å². The fraction of sp³-hybridized carbons (Fsp3) is 0.545. The van der Waals surface area contributed by atoms with Crippen LogP contribution in [-0.2, 0) is 4.74 Å². The van der Waals surface area contributed by atoms with Crippen molar-refractivity contribution in [2.75, 3.05) is 32.1 Å². The zero-order valence-corrected chi connectivity index (χ0v) is 10.0. The Hall–Kier alpha value is -1.69. The van der Waals surface area contributed by atoms with E-state index in [0.717, 1.165) is 19.5 Å². The van der Waals surface area contributed by atoms with E-state index in [2.05, 4.69) is 20.0 Å². The molecule has 1 aromatic heterocycles. The summed E-state index contributed by atoms with van der Waals surface area (Å²) >= 11 is 0. The summed E-state index contributed by atoms with van der Waals surface area (Å²) in [7, 11) is 3.30. The number of esters is 1. The lowest BCUT2D eigenvalue weighted by molar-refractivity contribution is 0.0593. The van der Waals surface area contributed by atoms with Crippen LogP contribution in [0.4, 0.5) is 5.82 Å². The van der Waals surface area contributed by atoms with Gasteiger partial charge in [-0.1, -0.05) is 0 Å². The van der Waals surface area contributed by atoms with Gasteiger partial charge in [0.1, 0.15) is 5.82 Å². The molecule has 6 nitrogen and oxygen atoms in total. The summed E-state index contributed by atoms with van der Waals surface area (Å²) < 4.78 is 4.62. The van der Waals surface area contributed by atoms with Gasteiger partial charge in [0.2, 0.25) is 0 Å². The lowest BCUT2D eigenvalue weighted by Crippen LogP contribution is -2.34. The first-order chi connectivity index (χ1) is 8.22. The lowest BCUT2D eigenvalue weighted by Gasteiger charge is -2.24. The molecule has 92 valence electrons. The second-order valence-corrected chi connectivity index (χ2v) is 4.01. The van der Waals surface area contributed by atoms with E-state index in [9.17, 15) is 4.79 Å². The van der Waals surface area contributed by atoms with Crippen LogP contribution < -0.4 is 10.2 Å². The normalized spacial score (nSPS) is 19.1. The quantitative estimate of drug-likeness (QED) is 0.749. The maximum Gasteiger partial charge on any atom is 0.358 e. The highest BCUT2D eigenvalue weighted by atomic mass is 16.5. The van der Waals surface area contributed by atoms with Gasteiger partial charge < -0.3 is 15.0 Å². The second kappa shape index (κ2) is 5.09. The van der Waals surface area contributed by atoms with Crippen molar-refractivity contribution in [3.63, 3.8) is 0 Å². The van der Waals surface area contributed by atoms with Gasteiger partial charge in [-0.05, 0) is 13.0 Å². The Balaban J connectivity index is 2.17. The molecule has 1 aliphatic rings. The number of ether oxygens (including phenoxy) is 1. The molecule has 1 unspecified atom stereocenters. The van der Waals surface area contributed by atoms with Crippen LogP contribution in [0.15, 0.2) is 12.4 Å². The third-order valence-electron chi connectivity index (χ3n) is 2.96. The summed E-state index contributed by atoms with van der Waals surface area (Å²) in [5, 5.41) is 3.29. The number of carbonyl (C=O) groups excluding carboxylic acids is 1. The van der Waals surface area contributed by atoms with Crippen molar-refractivity contribution < 1.29 is 9.53 Å². The van der Waals surface area contributed by atoms with E-state index in [0.29, 0.717) is 11.9 Å². The molecule has 1 aliphatic heterocycles. The number of rotatable bonds is 3. The second-order valence-electron chi connectivity index (χ2n) is 4.01. The highest BCUT2D eigenvalue weighted by Gasteiger charge is 2.21. The van der Waals surface area contributed by atoms with Crippen molar-refractivity contribution in [3.05, 3.63) is 18.1 Å². The predicted octanol–water partition coefficient (Wildman–Crippen LogP) is 0.0613. The average Bonchev–Trinajstić information content (AvgIpc) is 2.91. The van der Waals surface area contributed by atoms with Gasteiger partial charge in [0.05, 0.1) is 19.5 Å². The number of likely N-dealkylation sites (N-methyl/N-ethyl adjacent to an activating group) is 1. The molecule has 0 aromatic carbocycles. The van der Waals surface area contributed by atoms with Gasteiger partial charge in [0.25, 0.3) is 0 Å². The van der Waals surface area contributed by atoms with Crippen LogP contribution in [0.1, 0.15) is 16.9 Å². The van der Waals surface area contributed by atoms with Crippen LogP contribution in [0.5, 0.6) is 0 Å². The summed E-state index contributed by atoms with van der Waals surface area (Å²) in [6.07, 6.45) is 4.14. The Morgan fingerprint density at radius 2 is 2.41 bits per heavy atom. The Kier molecular flexibility index (Phi) is 3.53. The Morgan fingerprint density at radius 1 is 1.59 bits per heavy atom. The number of carbonyl (C=O) groups is 1. The van der Waals surface area contributed by atoms with Gasteiger partial charge in [-0.15, -0.1) is 0 Å². The molecular weight excluding hydrogens is 220 g/mol. The number of hydrogen-bond acceptors (Lipinski definition) is 6. The van der Waals surface area contributed by atoms with Crippen molar-refractivity contribution in [2.45, 2.75) is 12.5 Å². The van der Waals surface area contributed by atoms with Gasteiger partial charge in [-0.25, -0.2) is 9.78 Å². The van der Waals surface area contributed by atoms with Gasteiger partial charge in [0, 0.05) is 19.6 Å². The summed E-state index contributed by atoms with van der Waals surface area (Å²) in [6, 6.07) is 0.400. The smallest absolute Gasteiger partial charge is 0.358 e. The fourth-order valence-electron chi connectivity index (χ4n) is 1.89. The van der Waals surface area contributed by atoms with Gasteiger partial charge in [0.15, 0.2) is 5.69 Å². The minimum atomic E-state index is -0.461. The molecule has 1 fully saturated rings. The molecule has 17 heavy (non-hydrogen) atoms. The summed E-state index contributed by atoms with van der Waals surface area (Å²) in [5.41, 5.74) is 0.239. The highest BCUT2D eigenvalue weighted by Crippen LogP contribution is 2.15. The third-order valence-corrected chi connectivity index (χ3v) is 2.96. The molecule has 2 heterocycles. The standard InChI is InChI=1S/C11H16N4O2/c1-15(8-3-4-12-5-8)10-7-13-6-9(14-10)11(16)17-2/h6-8,12H,3-5H2,1-2H3. The van der Waals surface area contributed by atoms with Crippen molar-refractivity contribution >= 4 is 11.8 Å². The summed E-state index contributed by atoms with van der Waals surface area (Å²) in [6.45, 7) is 1.94. The lowest BCUT2D eigenvalue weighted by atomic mass is 10.2. The molecular formula is C11H16N4O2. The molecule has 6 heteroatoms. The Bertz CT molecular complexity index is 404. The van der Waals surface area contributed by atoms with Crippen LogP contribution in [0, 0.1) is 0 Å². The van der Waals surface area contributed by atoms with Gasteiger partial charge >= 0.3 is 5.97 Å². The van der Waals surface area contributed by atoms with E-state index in [1.165, 1.54) is 13.3 Å². The predicted molar refractivity (Wildman–Crippen MR) is 63.0 cm³/mol. The number of anilines is 1. The van der Waals surface area contributed by atoms with Crippen LogP contribution in [0.25, 0.3) is 0 Å². The molecule has 1 saturated heterocycles. The van der Waals surface area contributed by atoms with Gasteiger partial charge in [-0.3, -0.25) is 4.98 Å². The maximum atomic E-state index is 11.4. The van der Waals surface area contributed by atoms with Crippen molar-refractivity contribution in [1.82, 2.24) is 15.3 Å². The zero-order valence-electron chi connectivity index (χ0n) is 10.0. The van der Waals surface area contributed by atoms with Crippen molar-refractivity contribution in [3.8, 4) is 0 Å². The monoisotopic (exact) mass is 236 g/mol. The van der Waals surface area contributed by atoms with E-state index in [1.54, 1.807) is 6.20 Å². The number of nitrogens with zero attached hydrogens (tertiary/aromatic N) is 3. The molecule has 0 radical (unpaired) electrons. The minimum absolute atomic E-state index is 0.239. The van der Waals surface area contributed by atoms with Gasteiger partial charge in [-0.2, -0.15) is 0 Å². The zero-order chi connectivity index (χ0) is 12.3. The van der Waals surface area contributed by atoms with E-state index >= 15 is 0 Å². The molecule has 0 amide bonds. The molecule has 2 rings (SSSR count). The first kappa shape index (κ1) is 11.8. The number of methoxy groups -OCH3 is 1. The van der Waals surface area contributed by atoms with Crippen LogP contribution in [0.3, 0.4) is 0 Å². The first-order valence-corrected chi connectivity index (χ1v) is 5.56. The molecule has 0 spiro atoms. The Labute approximate surface area is 100 Å². The van der Waals surface area contributed by atoms with Crippen LogP contribution in [-0.4, -0.2) is 49.2 Å². The average molecular weight is 236 g/mol. The van der Waals surface area contributed by atoms with Crippen LogP contribution in [0.2, 0.25) is 0 Å². The largest absolute Gasteiger partial charge is 0.464 e. The highest BCUT2D eigenvalue weighted by molar-refractivity contribution is 5.87. The summed E-state index contributed by atoms with van der Waals surface area (Å²) in [5.74, 6) is 0.235. The summed E-state index contributed by atoms with van der Waals surface area (Å²) in [4.78, 5) is 21.7. The molecule has 1 aromatic rings. The van der Waals surface area contributed by atoms with Crippen molar-refractivity contribution in [1.29, 1.82) is 0 Å². The number of nitrogens with one attached hydrogen (secondary N) is 1. The topological polar surface area (TPSA) is 67.3 Å². The fourth-order valence-corrected chi connectivity index (χ4v) is 1.89. The number of aromatic nitrogens is 2. The maximum absolute atomic E-state index is 11.4. The Morgan fingerprint density at radius 3 is 3.06 bits per heavy atom. The number of hydrogen-bond donors (Lipinski definition) is 1.